The molecule has 0 fully saturated rings. The van der Waals surface area contributed by atoms with Crippen LogP contribution in [0.3, 0.4) is 0 Å². The van der Waals surface area contributed by atoms with E-state index in [0.717, 1.165) is 0 Å². The smallest absolute Gasteiger partial charge is 0.223 e. The van der Waals surface area contributed by atoms with Gasteiger partial charge in [0, 0.05) is 6.07 Å². The van der Waals surface area contributed by atoms with E-state index in [9.17, 15) is 0 Å². The van der Waals surface area contributed by atoms with Crippen molar-refractivity contribution < 1.29 is 4.74 Å². The Hall–Kier alpha value is -1.13. The summed E-state index contributed by atoms with van der Waals surface area (Å²) in [5.74, 6) is 0.532. The molecule has 0 bridgehead atoms. The lowest BCUT2D eigenvalue weighted by atomic mass is 10.3. The van der Waals surface area contributed by atoms with Crippen molar-refractivity contribution in [1.29, 1.82) is 0 Å². The first-order chi connectivity index (χ1) is 6.70. The normalized spacial score (nSPS) is 10.5. The Morgan fingerprint density at radius 3 is 2.79 bits per heavy atom. The Morgan fingerprint density at radius 1 is 1.29 bits per heavy atom. The SMILES string of the molecule is COc1cc(Cl)nc2cnc(Cl)nc12. The van der Waals surface area contributed by atoms with Crippen LogP contribution in [0.1, 0.15) is 0 Å². The summed E-state index contributed by atoms with van der Waals surface area (Å²) in [7, 11) is 1.53. The molecule has 0 amide bonds. The number of halogens is 2. The number of aromatic nitrogens is 3. The van der Waals surface area contributed by atoms with Crippen LogP contribution in [-0.2, 0) is 0 Å². The van der Waals surface area contributed by atoms with Gasteiger partial charge in [-0.25, -0.2) is 15.0 Å². The molecule has 0 radical (unpaired) electrons. The van der Waals surface area contributed by atoms with E-state index >= 15 is 0 Å². The van der Waals surface area contributed by atoms with Crippen LogP contribution < -0.4 is 4.74 Å². The van der Waals surface area contributed by atoms with Crippen molar-refractivity contribution in [2.45, 2.75) is 0 Å². The summed E-state index contributed by atoms with van der Waals surface area (Å²) in [6.45, 7) is 0. The fourth-order valence-electron chi connectivity index (χ4n) is 1.10. The van der Waals surface area contributed by atoms with Gasteiger partial charge in [-0.05, 0) is 11.6 Å². The van der Waals surface area contributed by atoms with Crippen molar-refractivity contribution >= 4 is 34.2 Å². The predicted molar refractivity (Wildman–Crippen MR) is 53.9 cm³/mol. The average molecular weight is 230 g/mol. The number of nitrogens with zero attached hydrogens (tertiary/aromatic N) is 3. The summed E-state index contributed by atoms with van der Waals surface area (Å²) >= 11 is 11.4. The number of ether oxygens (including phenoxy) is 1. The molecule has 2 aromatic heterocycles. The van der Waals surface area contributed by atoms with Gasteiger partial charge in [0.25, 0.3) is 0 Å². The van der Waals surface area contributed by atoms with E-state index in [1.54, 1.807) is 6.07 Å². The molecule has 2 aromatic rings. The highest BCUT2D eigenvalue weighted by atomic mass is 35.5. The molecule has 0 aliphatic carbocycles. The van der Waals surface area contributed by atoms with Gasteiger partial charge in [0.2, 0.25) is 5.28 Å². The Balaban J connectivity index is 2.81. The summed E-state index contributed by atoms with van der Waals surface area (Å²) in [5.41, 5.74) is 1.11. The van der Waals surface area contributed by atoms with Gasteiger partial charge < -0.3 is 4.74 Å². The molecule has 0 saturated heterocycles. The van der Waals surface area contributed by atoms with E-state index in [4.69, 9.17) is 27.9 Å². The number of pyridine rings is 1. The maximum Gasteiger partial charge on any atom is 0.223 e. The molecule has 0 spiro atoms. The first-order valence-electron chi connectivity index (χ1n) is 3.73. The Bertz CT molecular complexity index is 489. The largest absolute Gasteiger partial charge is 0.494 e. The Labute approximate surface area is 89.9 Å². The standard InChI is InChI=1S/C8H5Cl2N3O/c1-14-5-2-6(9)12-4-3-11-8(10)13-7(4)5/h2-3H,1H3. The van der Waals surface area contributed by atoms with Gasteiger partial charge in [0.05, 0.1) is 13.3 Å². The first-order valence-corrected chi connectivity index (χ1v) is 4.49. The van der Waals surface area contributed by atoms with Gasteiger partial charge >= 0.3 is 0 Å². The molecule has 0 aliphatic rings. The lowest BCUT2D eigenvalue weighted by molar-refractivity contribution is 0.418. The van der Waals surface area contributed by atoms with Crippen molar-refractivity contribution in [1.82, 2.24) is 15.0 Å². The van der Waals surface area contributed by atoms with Gasteiger partial charge in [-0.3, -0.25) is 0 Å². The summed E-state index contributed by atoms with van der Waals surface area (Å²) in [4.78, 5) is 11.8. The summed E-state index contributed by atoms with van der Waals surface area (Å²) in [6, 6.07) is 1.58. The van der Waals surface area contributed by atoms with Crippen molar-refractivity contribution in [2.75, 3.05) is 7.11 Å². The number of fused-ring (bicyclic) bond motifs is 1. The topological polar surface area (TPSA) is 47.9 Å². The third kappa shape index (κ3) is 1.58. The lowest BCUT2D eigenvalue weighted by Crippen LogP contribution is -1.92. The van der Waals surface area contributed by atoms with Crippen molar-refractivity contribution in [2.24, 2.45) is 0 Å². The molecule has 0 N–H and O–H groups in total. The van der Waals surface area contributed by atoms with Gasteiger partial charge in [-0.2, -0.15) is 0 Å². The first kappa shape index (κ1) is 9.43. The van der Waals surface area contributed by atoms with Crippen LogP contribution >= 0.6 is 23.2 Å². The molecule has 14 heavy (non-hydrogen) atoms. The van der Waals surface area contributed by atoms with E-state index in [1.807, 2.05) is 0 Å². The minimum absolute atomic E-state index is 0.153. The van der Waals surface area contributed by atoms with E-state index in [-0.39, 0.29) is 5.28 Å². The highest BCUT2D eigenvalue weighted by Crippen LogP contribution is 2.25. The molecule has 0 atom stereocenters. The molecule has 6 heteroatoms. The molecule has 0 aromatic carbocycles. The zero-order valence-corrected chi connectivity index (χ0v) is 8.67. The maximum atomic E-state index is 5.76. The second-order valence-corrected chi connectivity index (χ2v) is 3.25. The number of hydrogen-bond acceptors (Lipinski definition) is 4. The third-order valence-electron chi connectivity index (χ3n) is 1.67. The van der Waals surface area contributed by atoms with E-state index in [2.05, 4.69) is 15.0 Å². The van der Waals surface area contributed by atoms with Crippen LogP contribution in [0, 0.1) is 0 Å². The molecule has 2 heterocycles. The van der Waals surface area contributed by atoms with Gasteiger partial charge in [-0.1, -0.05) is 11.6 Å². The number of methoxy groups -OCH3 is 1. The summed E-state index contributed by atoms with van der Waals surface area (Å²) in [5, 5.41) is 0.486. The fourth-order valence-corrected chi connectivity index (χ4v) is 1.42. The number of hydrogen-bond donors (Lipinski definition) is 0. The Morgan fingerprint density at radius 2 is 2.07 bits per heavy atom. The molecule has 2 rings (SSSR count). The van der Waals surface area contributed by atoms with Crippen molar-refractivity contribution in [3.63, 3.8) is 0 Å². The maximum absolute atomic E-state index is 5.76. The van der Waals surface area contributed by atoms with Crippen LogP contribution in [0.25, 0.3) is 11.0 Å². The van der Waals surface area contributed by atoms with Gasteiger partial charge in [0.15, 0.2) is 0 Å². The molecule has 72 valence electrons. The lowest BCUT2D eigenvalue weighted by Gasteiger charge is -2.03. The van der Waals surface area contributed by atoms with Crippen LogP contribution in [0.2, 0.25) is 10.4 Å². The van der Waals surface area contributed by atoms with Crippen molar-refractivity contribution in [3.8, 4) is 5.75 Å². The summed E-state index contributed by atoms with van der Waals surface area (Å²) in [6.07, 6.45) is 1.50. The minimum atomic E-state index is 0.153. The van der Waals surface area contributed by atoms with Crippen LogP contribution in [0.5, 0.6) is 5.75 Å². The third-order valence-corrected chi connectivity index (χ3v) is 2.05. The second-order valence-electron chi connectivity index (χ2n) is 2.52. The monoisotopic (exact) mass is 229 g/mol. The van der Waals surface area contributed by atoms with Gasteiger partial charge in [-0.15, -0.1) is 0 Å². The molecular formula is C8H5Cl2N3O. The molecular weight excluding hydrogens is 225 g/mol. The molecule has 0 saturated carbocycles. The quantitative estimate of drug-likeness (QED) is 0.557. The second kappa shape index (κ2) is 3.55. The van der Waals surface area contributed by atoms with Crippen LogP contribution in [-0.4, -0.2) is 22.1 Å². The fraction of sp³-hybridized carbons (Fsp3) is 0.125. The van der Waals surface area contributed by atoms with E-state index in [0.29, 0.717) is 21.9 Å². The highest BCUT2D eigenvalue weighted by molar-refractivity contribution is 6.30. The van der Waals surface area contributed by atoms with Crippen molar-refractivity contribution in [3.05, 3.63) is 22.7 Å². The summed E-state index contributed by atoms with van der Waals surface area (Å²) < 4.78 is 5.09. The molecule has 0 unspecified atom stereocenters. The zero-order valence-electron chi connectivity index (χ0n) is 7.16. The predicted octanol–water partition coefficient (Wildman–Crippen LogP) is 2.34. The number of rotatable bonds is 1. The van der Waals surface area contributed by atoms with Crippen LogP contribution in [0.15, 0.2) is 12.3 Å². The zero-order chi connectivity index (χ0) is 10.1. The van der Waals surface area contributed by atoms with E-state index < -0.39 is 0 Å². The molecule has 4 nitrogen and oxygen atoms in total. The molecule has 0 aliphatic heterocycles. The minimum Gasteiger partial charge on any atom is -0.494 e. The Kier molecular flexibility index (Phi) is 2.39. The van der Waals surface area contributed by atoms with E-state index in [1.165, 1.54) is 13.3 Å². The average Bonchev–Trinajstić information content (AvgIpc) is 2.17. The van der Waals surface area contributed by atoms with Crippen LogP contribution in [0.4, 0.5) is 0 Å². The van der Waals surface area contributed by atoms with Gasteiger partial charge in [0.1, 0.15) is 21.9 Å². The highest BCUT2D eigenvalue weighted by Gasteiger charge is 2.07.